The first-order chi connectivity index (χ1) is 9.88. The van der Waals surface area contributed by atoms with Crippen molar-refractivity contribution in [2.24, 2.45) is 5.92 Å². The van der Waals surface area contributed by atoms with E-state index < -0.39 is 10.0 Å². The molecule has 0 heterocycles. The summed E-state index contributed by atoms with van der Waals surface area (Å²) in [7, 11) is -3.42. The fraction of sp³-hybridized carbons (Fsp3) is 0.600. The Bertz CT molecular complexity index is 583. The first-order valence-electron chi connectivity index (χ1n) is 7.40. The Hall–Kier alpha value is -0.430. The molecule has 0 radical (unpaired) electrons. The molecule has 0 atom stereocenters. The van der Waals surface area contributed by atoms with E-state index in [1.807, 2.05) is 12.1 Å². The summed E-state index contributed by atoms with van der Waals surface area (Å²) in [5.41, 5.74) is 1.06. The molecule has 0 spiro atoms. The highest BCUT2D eigenvalue weighted by Crippen LogP contribution is 2.32. The normalized spacial score (nSPS) is 15.6. The summed E-state index contributed by atoms with van der Waals surface area (Å²) >= 11 is 3.38. The highest BCUT2D eigenvalue weighted by Gasteiger charge is 2.23. The number of sulfonamides is 1. The Balaban J connectivity index is 2.00. The number of hydrogen-bond donors (Lipinski definition) is 2. The predicted molar refractivity (Wildman–Crippen MR) is 88.6 cm³/mol. The summed E-state index contributed by atoms with van der Waals surface area (Å²) in [5, 5.41) is 3.31. The lowest BCUT2D eigenvalue weighted by atomic mass is 10.2. The average molecular weight is 375 g/mol. The van der Waals surface area contributed by atoms with Crippen molar-refractivity contribution in [2.75, 3.05) is 6.54 Å². The molecule has 0 bridgehead atoms. The lowest BCUT2D eigenvalue weighted by molar-refractivity contribution is 0.574. The molecular formula is C15H23BrN2O2S. The van der Waals surface area contributed by atoms with Crippen molar-refractivity contribution in [3.8, 4) is 0 Å². The van der Waals surface area contributed by atoms with E-state index >= 15 is 0 Å². The van der Waals surface area contributed by atoms with E-state index in [0.29, 0.717) is 22.0 Å². The van der Waals surface area contributed by atoms with Gasteiger partial charge in [0.05, 0.1) is 4.90 Å². The van der Waals surface area contributed by atoms with Crippen LogP contribution in [0.3, 0.4) is 0 Å². The summed E-state index contributed by atoms with van der Waals surface area (Å²) < 4.78 is 27.9. The van der Waals surface area contributed by atoms with Gasteiger partial charge in [-0.2, -0.15) is 0 Å². The molecule has 1 fully saturated rings. The van der Waals surface area contributed by atoms with Crippen molar-refractivity contribution in [1.29, 1.82) is 0 Å². The first-order valence-corrected chi connectivity index (χ1v) is 9.67. The molecule has 1 aromatic carbocycles. The van der Waals surface area contributed by atoms with Crippen LogP contribution < -0.4 is 10.0 Å². The molecule has 0 aliphatic heterocycles. The van der Waals surface area contributed by atoms with E-state index in [-0.39, 0.29) is 0 Å². The zero-order valence-corrected chi connectivity index (χ0v) is 14.9. The van der Waals surface area contributed by atoms with Crippen LogP contribution in [-0.2, 0) is 16.6 Å². The van der Waals surface area contributed by atoms with Crippen LogP contribution in [-0.4, -0.2) is 21.0 Å². The Morgan fingerprint density at radius 2 is 2.05 bits per heavy atom. The van der Waals surface area contributed by atoms with Gasteiger partial charge in [0.25, 0.3) is 0 Å². The minimum absolute atomic E-state index is 0.312. The van der Waals surface area contributed by atoms with Crippen LogP contribution in [0, 0.1) is 5.92 Å². The third-order valence-electron chi connectivity index (χ3n) is 3.54. The molecule has 0 unspecified atom stereocenters. The second-order valence-electron chi connectivity index (χ2n) is 5.93. The third-order valence-corrected chi connectivity index (χ3v) is 5.98. The van der Waals surface area contributed by atoms with Gasteiger partial charge in [0, 0.05) is 23.6 Å². The fourth-order valence-electron chi connectivity index (χ4n) is 2.08. The number of hydrogen-bond acceptors (Lipinski definition) is 3. The Morgan fingerprint density at radius 3 is 2.62 bits per heavy atom. The van der Waals surface area contributed by atoms with E-state index in [4.69, 9.17) is 0 Å². The molecule has 1 aliphatic carbocycles. The molecule has 1 aliphatic rings. The zero-order chi connectivity index (χ0) is 15.5. The molecule has 21 heavy (non-hydrogen) atoms. The molecular weight excluding hydrogens is 352 g/mol. The van der Waals surface area contributed by atoms with Crippen LogP contribution in [0.25, 0.3) is 0 Å². The second kappa shape index (κ2) is 7.22. The van der Waals surface area contributed by atoms with Gasteiger partial charge in [-0.25, -0.2) is 13.1 Å². The van der Waals surface area contributed by atoms with Gasteiger partial charge in [0.15, 0.2) is 0 Å². The van der Waals surface area contributed by atoms with E-state index in [9.17, 15) is 8.42 Å². The molecule has 2 rings (SSSR count). The highest BCUT2D eigenvalue weighted by atomic mass is 79.9. The van der Waals surface area contributed by atoms with E-state index in [1.165, 1.54) is 12.8 Å². The zero-order valence-electron chi connectivity index (χ0n) is 12.5. The van der Waals surface area contributed by atoms with Crippen LogP contribution in [0.4, 0.5) is 0 Å². The predicted octanol–water partition coefficient (Wildman–Crippen LogP) is 3.03. The molecule has 0 saturated heterocycles. The molecule has 118 valence electrons. The van der Waals surface area contributed by atoms with Crippen molar-refractivity contribution < 1.29 is 8.42 Å². The molecule has 0 amide bonds. The van der Waals surface area contributed by atoms with Gasteiger partial charge in [0.2, 0.25) is 10.0 Å². The van der Waals surface area contributed by atoms with Crippen LogP contribution in [0.1, 0.15) is 38.7 Å². The lowest BCUT2D eigenvalue weighted by Crippen LogP contribution is -2.25. The van der Waals surface area contributed by atoms with Gasteiger partial charge in [0.1, 0.15) is 0 Å². The number of nitrogens with one attached hydrogen (secondary N) is 2. The fourth-order valence-corrected chi connectivity index (χ4v) is 4.25. The summed E-state index contributed by atoms with van der Waals surface area (Å²) in [4.78, 5) is 0.312. The number of benzene rings is 1. The Labute approximate surface area is 135 Å². The van der Waals surface area contributed by atoms with Crippen LogP contribution >= 0.6 is 15.9 Å². The smallest absolute Gasteiger partial charge is 0.241 e. The maximum Gasteiger partial charge on any atom is 0.241 e. The monoisotopic (exact) mass is 374 g/mol. The SMILES string of the molecule is CC(C)NCc1ccc(S(=O)(=O)NCCC2CC2)c(Br)c1. The standard InChI is InChI=1S/C15H23BrN2O2S/c1-11(2)17-10-13-5-6-15(14(16)9-13)21(19,20)18-8-7-12-3-4-12/h5-6,9,11-12,17-18H,3-4,7-8,10H2,1-2H3. The van der Waals surface area contributed by atoms with Crippen LogP contribution in [0.2, 0.25) is 0 Å². The van der Waals surface area contributed by atoms with Gasteiger partial charge in [-0.15, -0.1) is 0 Å². The largest absolute Gasteiger partial charge is 0.310 e. The van der Waals surface area contributed by atoms with Crippen molar-refractivity contribution in [3.63, 3.8) is 0 Å². The van der Waals surface area contributed by atoms with Crippen molar-refractivity contribution >= 4 is 26.0 Å². The van der Waals surface area contributed by atoms with Gasteiger partial charge < -0.3 is 5.32 Å². The van der Waals surface area contributed by atoms with Gasteiger partial charge in [-0.3, -0.25) is 0 Å². The number of halogens is 1. The highest BCUT2D eigenvalue weighted by molar-refractivity contribution is 9.10. The first kappa shape index (κ1) is 16.9. The topological polar surface area (TPSA) is 58.2 Å². The van der Waals surface area contributed by atoms with Gasteiger partial charge in [-0.1, -0.05) is 32.8 Å². The minimum Gasteiger partial charge on any atom is -0.310 e. The summed E-state index contributed by atoms with van der Waals surface area (Å²) in [5.74, 6) is 0.723. The van der Waals surface area contributed by atoms with E-state index in [0.717, 1.165) is 24.4 Å². The van der Waals surface area contributed by atoms with E-state index in [1.54, 1.807) is 6.07 Å². The molecule has 1 saturated carbocycles. The Morgan fingerprint density at radius 1 is 1.33 bits per heavy atom. The van der Waals surface area contributed by atoms with Gasteiger partial charge >= 0.3 is 0 Å². The molecule has 6 heteroatoms. The minimum atomic E-state index is -3.42. The second-order valence-corrected chi connectivity index (χ2v) is 8.52. The number of rotatable bonds is 8. The summed E-state index contributed by atoms with van der Waals surface area (Å²) in [6.45, 7) is 5.41. The molecule has 1 aromatic rings. The third kappa shape index (κ3) is 5.36. The maximum absolute atomic E-state index is 12.3. The summed E-state index contributed by atoms with van der Waals surface area (Å²) in [6.07, 6.45) is 3.42. The Kier molecular flexibility index (Phi) is 5.82. The molecule has 4 nitrogen and oxygen atoms in total. The average Bonchev–Trinajstić information content (AvgIpc) is 3.20. The summed E-state index contributed by atoms with van der Waals surface area (Å²) in [6, 6.07) is 5.79. The molecule has 2 N–H and O–H groups in total. The van der Waals surface area contributed by atoms with Crippen LogP contribution in [0.5, 0.6) is 0 Å². The van der Waals surface area contributed by atoms with Crippen molar-refractivity contribution in [1.82, 2.24) is 10.0 Å². The van der Waals surface area contributed by atoms with E-state index in [2.05, 4.69) is 39.8 Å². The van der Waals surface area contributed by atoms with Gasteiger partial charge in [-0.05, 0) is 46.0 Å². The van der Waals surface area contributed by atoms with Crippen molar-refractivity contribution in [2.45, 2.75) is 50.6 Å². The lowest BCUT2D eigenvalue weighted by Gasteiger charge is -2.11. The van der Waals surface area contributed by atoms with Crippen molar-refractivity contribution in [3.05, 3.63) is 28.2 Å². The van der Waals surface area contributed by atoms with Crippen LogP contribution in [0.15, 0.2) is 27.6 Å². The maximum atomic E-state index is 12.3. The quantitative estimate of drug-likeness (QED) is 0.734. The molecule has 0 aromatic heterocycles.